The lowest BCUT2D eigenvalue weighted by Crippen LogP contribution is -2.42. The fourth-order valence-corrected chi connectivity index (χ4v) is 2.54. The van der Waals surface area contributed by atoms with Crippen LogP contribution < -0.4 is 0 Å². The Labute approximate surface area is 88.0 Å². The molecule has 2 aliphatic heterocycles. The zero-order valence-electron chi connectivity index (χ0n) is 8.66. The minimum Gasteiger partial charge on any atom is -0.336 e. The van der Waals surface area contributed by atoms with Crippen LogP contribution in [0.1, 0.15) is 19.3 Å². The Balaban J connectivity index is 1.99. The largest absolute Gasteiger partial charge is 0.336 e. The molecule has 0 radical (unpaired) electrons. The molecule has 2 heterocycles. The molecule has 0 spiro atoms. The van der Waals surface area contributed by atoms with Crippen LogP contribution in [-0.2, 0) is 4.79 Å². The number of carbonyl (C=O) groups is 1. The van der Waals surface area contributed by atoms with Gasteiger partial charge in [0.1, 0.15) is 0 Å². The summed E-state index contributed by atoms with van der Waals surface area (Å²) in [4.78, 5) is 14.8. The number of fused-ring (bicyclic) bond motifs is 1. The van der Waals surface area contributed by atoms with Gasteiger partial charge in [-0.1, -0.05) is 0 Å². The van der Waals surface area contributed by atoms with Gasteiger partial charge in [-0.3, -0.25) is 9.69 Å². The molecule has 0 bridgehead atoms. The molecule has 0 N–H and O–H groups in total. The minimum absolute atomic E-state index is 0.315. The van der Waals surface area contributed by atoms with Gasteiger partial charge < -0.3 is 4.90 Å². The van der Waals surface area contributed by atoms with Crippen molar-refractivity contribution in [1.29, 1.82) is 0 Å². The van der Waals surface area contributed by atoms with E-state index in [1.807, 2.05) is 0 Å². The second-order valence-corrected chi connectivity index (χ2v) is 4.27. The van der Waals surface area contributed by atoms with Gasteiger partial charge in [0, 0.05) is 25.7 Å². The van der Waals surface area contributed by atoms with Crippen LogP contribution in [0.15, 0.2) is 0 Å². The number of hydrogen-bond donors (Lipinski definition) is 0. The van der Waals surface area contributed by atoms with Gasteiger partial charge in [-0.05, 0) is 25.8 Å². The van der Waals surface area contributed by atoms with Crippen molar-refractivity contribution in [2.45, 2.75) is 31.7 Å². The Hall–Kier alpha value is -0.710. The highest BCUT2D eigenvalue weighted by Crippen LogP contribution is 2.21. The smallest absolute Gasteiger partial charge is 0.315 e. The summed E-state index contributed by atoms with van der Waals surface area (Å²) in [6.45, 7) is 2.97. The van der Waals surface area contributed by atoms with E-state index in [-0.39, 0.29) is 0 Å². The predicted octanol–water partition coefficient (Wildman–Crippen LogP) is 0.948. The Morgan fingerprint density at radius 1 is 1.20 bits per heavy atom. The van der Waals surface area contributed by atoms with Gasteiger partial charge in [-0.15, -0.1) is 0 Å². The highest BCUT2D eigenvalue weighted by Gasteiger charge is 2.32. The molecule has 0 saturated carbocycles. The lowest BCUT2D eigenvalue weighted by molar-refractivity contribution is -0.143. The first-order valence-corrected chi connectivity index (χ1v) is 5.49. The minimum atomic E-state index is -2.85. The molecule has 15 heavy (non-hydrogen) atoms. The zero-order valence-corrected chi connectivity index (χ0v) is 8.66. The number of carbonyl (C=O) groups excluding carboxylic acids is 1. The van der Waals surface area contributed by atoms with Gasteiger partial charge in [0.05, 0.1) is 0 Å². The van der Waals surface area contributed by atoms with Gasteiger partial charge in [-0.2, -0.15) is 8.78 Å². The lowest BCUT2D eigenvalue weighted by Gasteiger charge is -2.25. The first kappa shape index (κ1) is 10.8. The van der Waals surface area contributed by atoms with Gasteiger partial charge in [0.25, 0.3) is 5.91 Å². The fourth-order valence-electron chi connectivity index (χ4n) is 2.54. The van der Waals surface area contributed by atoms with Crippen LogP contribution in [0.3, 0.4) is 0 Å². The van der Waals surface area contributed by atoms with E-state index in [1.54, 1.807) is 0 Å². The maximum atomic E-state index is 12.3. The van der Waals surface area contributed by atoms with Crippen molar-refractivity contribution >= 4 is 5.91 Å². The summed E-state index contributed by atoms with van der Waals surface area (Å²) >= 11 is 0. The number of amides is 1. The van der Waals surface area contributed by atoms with Crippen LogP contribution in [0.5, 0.6) is 0 Å². The normalized spacial score (nSPS) is 27.9. The third kappa shape index (κ3) is 2.27. The predicted molar refractivity (Wildman–Crippen MR) is 51.8 cm³/mol. The van der Waals surface area contributed by atoms with Crippen LogP contribution in [-0.4, -0.2) is 54.4 Å². The van der Waals surface area contributed by atoms with Gasteiger partial charge >= 0.3 is 6.43 Å². The van der Waals surface area contributed by atoms with E-state index in [1.165, 1.54) is 4.90 Å². The van der Waals surface area contributed by atoms with Gasteiger partial charge in [0.2, 0.25) is 0 Å². The molecule has 1 amide bonds. The molecule has 2 aliphatic rings. The monoisotopic (exact) mass is 218 g/mol. The topological polar surface area (TPSA) is 23.6 Å². The first-order chi connectivity index (χ1) is 7.18. The second-order valence-electron chi connectivity index (χ2n) is 4.27. The van der Waals surface area contributed by atoms with Crippen molar-refractivity contribution in [3.8, 4) is 0 Å². The van der Waals surface area contributed by atoms with E-state index < -0.39 is 12.3 Å². The number of alkyl halides is 2. The molecule has 1 unspecified atom stereocenters. The van der Waals surface area contributed by atoms with Crippen LogP contribution in [0.2, 0.25) is 0 Å². The molecule has 0 aliphatic carbocycles. The molecule has 2 fully saturated rings. The maximum absolute atomic E-state index is 12.3. The molecule has 0 aromatic carbocycles. The van der Waals surface area contributed by atoms with Gasteiger partial charge in [0.15, 0.2) is 0 Å². The maximum Gasteiger partial charge on any atom is 0.315 e. The highest BCUT2D eigenvalue weighted by atomic mass is 19.3. The molecule has 3 nitrogen and oxygen atoms in total. The van der Waals surface area contributed by atoms with Crippen molar-refractivity contribution in [3.05, 3.63) is 0 Å². The van der Waals surface area contributed by atoms with E-state index in [0.29, 0.717) is 19.1 Å². The van der Waals surface area contributed by atoms with Crippen LogP contribution >= 0.6 is 0 Å². The van der Waals surface area contributed by atoms with Crippen molar-refractivity contribution in [3.63, 3.8) is 0 Å². The van der Waals surface area contributed by atoms with Crippen molar-refractivity contribution in [2.24, 2.45) is 0 Å². The summed E-state index contributed by atoms with van der Waals surface area (Å²) in [5.41, 5.74) is 0. The van der Waals surface area contributed by atoms with Crippen LogP contribution in [0.25, 0.3) is 0 Å². The zero-order chi connectivity index (χ0) is 10.8. The van der Waals surface area contributed by atoms with Gasteiger partial charge in [-0.25, -0.2) is 0 Å². The highest BCUT2D eigenvalue weighted by molar-refractivity contribution is 5.79. The third-order valence-corrected chi connectivity index (χ3v) is 3.30. The summed E-state index contributed by atoms with van der Waals surface area (Å²) in [7, 11) is 0. The molecular formula is C10H16F2N2O. The lowest BCUT2D eigenvalue weighted by atomic mass is 10.2. The first-order valence-electron chi connectivity index (χ1n) is 5.49. The molecule has 0 aromatic heterocycles. The second kappa shape index (κ2) is 4.43. The summed E-state index contributed by atoms with van der Waals surface area (Å²) < 4.78 is 24.6. The molecule has 1 atom stereocenters. The Kier molecular flexibility index (Phi) is 3.19. The molecule has 2 saturated heterocycles. The molecular weight excluding hydrogens is 202 g/mol. The fraction of sp³-hybridized carbons (Fsp3) is 0.900. The van der Waals surface area contributed by atoms with E-state index >= 15 is 0 Å². The number of rotatable bonds is 1. The SMILES string of the molecule is O=C(C(F)F)N1CCCN2CCCC2C1. The van der Waals surface area contributed by atoms with E-state index in [4.69, 9.17) is 0 Å². The summed E-state index contributed by atoms with van der Waals surface area (Å²) in [5.74, 6) is -0.997. The average molecular weight is 218 g/mol. The van der Waals surface area contributed by atoms with Crippen molar-refractivity contribution in [1.82, 2.24) is 9.80 Å². The molecule has 86 valence electrons. The Morgan fingerprint density at radius 2 is 1.93 bits per heavy atom. The molecule has 5 heteroatoms. The third-order valence-electron chi connectivity index (χ3n) is 3.30. The summed E-state index contributed by atoms with van der Waals surface area (Å²) in [6.07, 6.45) is 0.126. The number of nitrogens with zero attached hydrogens (tertiary/aromatic N) is 2. The van der Waals surface area contributed by atoms with Crippen LogP contribution in [0.4, 0.5) is 8.78 Å². The summed E-state index contributed by atoms with van der Waals surface area (Å²) in [5, 5.41) is 0. The standard InChI is InChI=1S/C10H16F2N2O/c11-9(12)10(15)14-6-2-5-13-4-1-3-8(13)7-14/h8-9H,1-7H2. The van der Waals surface area contributed by atoms with Crippen LogP contribution in [0, 0.1) is 0 Å². The quantitative estimate of drug-likeness (QED) is 0.654. The molecule has 0 aromatic rings. The van der Waals surface area contributed by atoms with E-state index in [2.05, 4.69) is 4.90 Å². The Morgan fingerprint density at radius 3 is 2.67 bits per heavy atom. The average Bonchev–Trinajstić information content (AvgIpc) is 2.54. The van der Waals surface area contributed by atoms with Crippen molar-refractivity contribution in [2.75, 3.05) is 26.2 Å². The molecule has 2 rings (SSSR count). The summed E-state index contributed by atoms with van der Waals surface area (Å²) in [6, 6.07) is 0.315. The van der Waals surface area contributed by atoms with E-state index in [9.17, 15) is 13.6 Å². The van der Waals surface area contributed by atoms with E-state index in [0.717, 1.165) is 32.4 Å². The number of hydrogen-bond acceptors (Lipinski definition) is 2. The Bertz CT molecular complexity index is 248. The van der Waals surface area contributed by atoms with Crippen molar-refractivity contribution < 1.29 is 13.6 Å². The number of halogens is 2.